The highest BCUT2D eigenvalue weighted by atomic mass is 16.5. The van der Waals surface area contributed by atoms with E-state index >= 15 is 0 Å². The lowest BCUT2D eigenvalue weighted by Gasteiger charge is -2.29. The monoisotopic (exact) mass is 398 g/mol. The van der Waals surface area contributed by atoms with Gasteiger partial charge in [-0.15, -0.1) is 0 Å². The maximum Gasteiger partial charge on any atom is 0.347 e. The lowest BCUT2D eigenvalue weighted by atomic mass is 9.93. The molecule has 1 fully saturated rings. The Morgan fingerprint density at radius 2 is 2.03 bits per heavy atom. The quantitative estimate of drug-likeness (QED) is 0.587. The van der Waals surface area contributed by atoms with E-state index in [1.807, 2.05) is 23.7 Å². The van der Waals surface area contributed by atoms with Crippen LogP contribution in [-0.4, -0.2) is 57.0 Å². The average molecular weight is 398 g/mol. The van der Waals surface area contributed by atoms with Gasteiger partial charge in [0, 0.05) is 20.2 Å². The topological polar surface area (TPSA) is 107 Å². The van der Waals surface area contributed by atoms with Gasteiger partial charge in [0.15, 0.2) is 5.82 Å². The summed E-state index contributed by atoms with van der Waals surface area (Å²) in [4.78, 5) is 27.9. The first kappa shape index (κ1) is 19.5. The van der Waals surface area contributed by atoms with E-state index in [-0.39, 0.29) is 17.8 Å². The number of ether oxygens (including phenoxy) is 2. The third-order valence-corrected chi connectivity index (χ3v) is 5.31. The summed E-state index contributed by atoms with van der Waals surface area (Å²) in [6.45, 7) is 1.24. The number of pyridine rings is 1. The Hall–Kier alpha value is -2.78. The molecule has 0 radical (unpaired) electrons. The van der Waals surface area contributed by atoms with Crippen LogP contribution in [0.1, 0.15) is 25.7 Å². The van der Waals surface area contributed by atoms with E-state index in [0.717, 1.165) is 37.1 Å². The van der Waals surface area contributed by atoms with Crippen LogP contribution < -0.4 is 11.0 Å². The zero-order valence-electron chi connectivity index (χ0n) is 16.7. The Labute approximate surface area is 168 Å². The zero-order chi connectivity index (χ0) is 20.2. The number of aromatic nitrogens is 5. The van der Waals surface area contributed by atoms with Crippen molar-refractivity contribution in [2.24, 2.45) is 7.05 Å². The van der Waals surface area contributed by atoms with Crippen LogP contribution in [0, 0.1) is 0 Å². The molecule has 9 nitrogen and oxygen atoms in total. The molecule has 0 aromatic carbocycles. The summed E-state index contributed by atoms with van der Waals surface area (Å²) in [6.07, 6.45) is 7.61. The molecule has 0 aliphatic heterocycles. The van der Waals surface area contributed by atoms with E-state index in [9.17, 15) is 4.79 Å². The molecule has 0 spiro atoms. The predicted molar refractivity (Wildman–Crippen MR) is 110 cm³/mol. The van der Waals surface area contributed by atoms with Crippen molar-refractivity contribution < 1.29 is 9.47 Å². The summed E-state index contributed by atoms with van der Waals surface area (Å²) in [5.41, 5.74) is 2.62. The van der Waals surface area contributed by atoms with Gasteiger partial charge in [-0.2, -0.15) is 4.98 Å². The number of hydrogen-bond donors (Lipinski definition) is 2. The van der Waals surface area contributed by atoms with E-state index in [1.54, 1.807) is 19.6 Å². The molecule has 3 heterocycles. The van der Waals surface area contributed by atoms with Crippen molar-refractivity contribution >= 4 is 16.9 Å². The highest BCUT2D eigenvalue weighted by Gasteiger charge is 2.23. The Balaban J connectivity index is 1.53. The molecule has 4 rings (SSSR count). The van der Waals surface area contributed by atoms with Crippen molar-refractivity contribution in [3.05, 3.63) is 35.1 Å². The van der Waals surface area contributed by atoms with Gasteiger partial charge in [0.1, 0.15) is 5.52 Å². The Morgan fingerprint density at radius 1 is 1.21 bits per heavy atom. The Bertz CT molecular complexity index is 1020. The minimum Gasteiger partial charge on any atom is -0.382 e. The van der Waals surface area contributed by atoms with Crippen LogP contribution in [0.25, 0.3) is 22.4 Å². The first-order chi connectivity index (χ1) is 14.1. The van der Waals surface area contributed by atoms with Crippen molar-refractivity contribution in [1.82, 2.24) is 24.5 Å². The van der Waals surface area contributed by atoms with Gasteiger partial charge in [-0.1, -0.05) is 0 Å². The number of nitrogens with zero attached hydrogens (tertiary/aromatic N) is 4. The van der Waals surface area contributed by atoms with Crippen molar-refractivity contribution in [1.29, 1.82) is 0 Å². The normalized spacial score (nSPS) is 19.5. The maximum atomic E-state index is 12.0. The molecule has 0 bridgehead atoms. The summed E-state index contributed by atoms with van der Waals surface area (Å²) in [7, 11) is 3.60. The molecule has 154 valence electrons. The molecular weight excluding hydrogens is 372 g/mol. The summed E-state index contributed by atoms with van der Waals surface area (Å²) in [5, 5.41) is 3.44. The van der Waals surface area contributed by atoms with Gasteiger partial charge in [-0.05, 0) is 37.8 Å². The molecule has 3 aromatic heterocycles. The molecular formula is C20H26N6O3. The van der Waals surface area contributed by atoms with Gasteiger partial charge in [0.25, 0.3) is 0 Å². The Morgan fingerprint density at radius 3 is 2.76 bits per heavy atom. The summed E-state index contributed by atoms with van der Waals surface area (Å²) < 4.78 is 12.8. The number of methoxy groups -OCH3 is 1. The lowest BCUT2D eigenvalue weighted by Crippen LogP contribution is -2.31. The largest absolute Gasteiger partial charge is 0.382 e. The van der Waals surface area contributed by atoms with Crippen molar-refractivity contribution in [2.45, 2.75) is 37.8 Å². The predicted octanol–water partition coefficient (Wildman–Crippen LogP) is 2.10. The van der Waals surface area contributed by atoms with Gasteiger partial charge in [-0.25, -0.2) is 14.8 Å². The number of nitrogens with one attached hydrogen (secondary N) is 2. The van der Waals surface area contributed by atoms with Crippen molar-refractivity contribution in [3.63, 3.8) is 0 Å². The summed E-state index contributed by atoms with van der Waals surface area (Å²) in [5.74, 6) is 0.525. The molecule has 3 aromatic rings. The van der Waals surface area contributed by atoms with Crippen LogP contribution >= 0.6 is 0 Å². The summed E-state index contributed by atoms with van der Waals surface area (Å²) in [6, 6.07) is 3.97. The van der Waals surface area contributed by atoms with Crippen LogP contribution in [0.5, 0.6) is 0 Å². The second kappa shape index (κ2) is 8.71. The lowest BCUT2D eigenvalue weighted by molar-refractivity contribution is -0.00155. The minimum atomic E-state index is -0.383. The van der Waals surface area contributed by atoms with Gasteiger partial charge in [-0.3, -0.25) is 0 Å². The number of aryl methyl sites for hydroxylation is 1. The van der Waals surface area contributed by atoms with Crippen LogP contribution in [-0.2, 0) is 16.5 Å². The van der Waals surface area contributed by atoms with Crippen LogP contribution in [0.2, 0.25) is 0 Å². The van der Waals surface area contributed by atoms with Crippen molar-refractivity contribution in [3.8, 4) is 11.4 Å². The molecule has 29 heavy (non-hydrogen) atoms. The third-order valence-electron chi connectivity index (χ3n) is 5.31. The smallest absolute Gasteiger partial charge is 0.347 e. The molecule has 2 N–H and O–H groups in total. The van der Waals surface area contributed by atoms with Crippen LogP contribution in [0.3, 0.4) is 0 Å². The van der Waals surface area contributed by atoms with Crippen LogP contribution in [0.4, 0.5) is 5.82 Å². The Kier molecular flexibility index (Phi) is 5.86. The SMILES string of the molecule is COCCOC1CCC(Nc2nc(=O)[nH]c3ccc(-c4cncn4C)nc23)CC1. The number of aromatic amines is 1. The van der Waals surface area contributed by atoms with Gasteiger partial charge >= 0.3 is 5.69 Å². The average Bonchev–Trinajstić information content (AvgIpc) is 3.15. The number of anilines is 1. The second-order valence-corrected chi connectivity index (χ2v) is 7.35. The number of fused-ring (bicyclic) bond motifs is 1. The zero-order valence-corrected chi connectivity index (χ0v) is 16.7. The van der Waals surface area contributed by atoms with Gasteiger partial charge < -0.3 is 24.3 Å². The van der Waals surface area contributed by atoms with Gasteiger partial charge in [0.05, 0.1) is 48.7 Å². The first-order valence-electron chi connectivity index (χ1n) is 9.89. The molecule has 0 amide bonds. The highest BCUT2D eigenvalue weighted by Crippen LogP contribution is 2.27. The van der Waals surface area contributed by atoms with E-state index in [2.05, 4.69) is 20.3 Å². The van der Waals surface area contributed by atoms with E-state index in [1.165, 1.54) is 0 Å². The van der Waals surface area contributed by atoms with E-state index in [0.29, 0.717) is 30.1 Å². The molecule has 0 unspecified atom stereocenters. The number of rotatable bonds is 7. The first-order valence-corrected chi connectivity index (χ1v) is 9.89. The second-order valence-electron chi connectivity index (χ2n) is 7.35. The highest BCUT2D eigenvalue weighted by molar-refractivity contribution is 5.86. The van der Waals surface area contributed by atoms with Gasteiger partial charge in [0.2, 0.25) is 0 Å². The third kappa shape index (κ3) is 4.46. The van der Waals surface area contributed by atoms with Crippen molar-refractivity contribution in [2.75, 3.05) is 25.6 Å². The minimum absolute atomic E-state index is 0.233. The fourth-order valence-corrected chi connectivity index (χ4v) is 3.75. The van der Waals surface area contributed by atoms with E-state index in [4.69, 9.17) is 14.5 Å². The summed E-state index contributed by atoms with van der Waals surface area (Å²) >= 11 is 0. The standard InChI is InChI=1S/C20H26N6O3/c1-26-12-21-11-17(26)15-7-8-16-18(23-15)19(25-20(27)24-16)22-13-3-5-14(6-4-13)29-10-9-28-2/h7-8,11-14H,3-6,9-10H2,1-2H3,(H2,22,24,25,27). The van der Waals surface area contributed by atoms with Crippen LogP contribution in [0.15, 0.2) is 29.5 Å². The molecule has 1 saturated carbocycles. The maximum absolute atomic E-state index is 12.0. The number of imidazole rings is 1. The molecule has 0 atom stereocenters. The molecule has 1 aliphatic carbocycles. The molecule has 9 heteroatoms. The number of hydrogen-bond acceptors (Lipinski definition) is 7. The molecule has 1 aliphatic rings. The number of H-pyrrole nitrogens is 1. The molecule has 0 saturated heterocycles. The fraction of sp³-hybridized carbons (Fsp3) is 0.500. The van der Waals surface area contributed by atoms with E-state index < -0.39 is 0 Å². The fourth-order valence-electron chi connectivity index (χ4n) is 3.75.